The van der Waals surface area contributed by atoms with Gasteiger partial charge in [0, 0.05) is 11.8 Å². The third-order valence-corrected chi connectivity index (χ3v) is 3.24. The number of nitrogens with zero attached hydrogens (tertiary/aromatic N) is 4. The van der Waals surface area contributed by atoms with Crippen LogP contribution >= 0.6 is 0 Å². The molecule has 0 saturated carbocycles. The molecule has 0 bridgehead atoms. The molecule has 3 aromatic heterocycles. The molecule has 0 unspecified atom stereocenters. The van der Waals surface area contributed by atoms with Crippen molar-refractivity contribution in [1.29, 1.82) is 5.26 Å². The maximum Gasteiger partial charge on any atom is 0.276 e. The van der Waals surface area contributed by atoms with Crippen molar-refractivity contribution in [3.05, 3.63) is 39.8 Å². The quantitative estimate of drug-likeness (QED) is 0.745. The zero-order valence-electron chi connectivity index (χ0n) is 11.3. The summed E-state index contributed by atoms with van der Waals surface area (Å²) < 4.78 is 15.0. The van der Waals surface area contributed by atoms with Gasteiger partial charge in [-0.3, -0.25) is 15.0 Å². The van der Waals surface area contributed by atoms with E-state index >= 15 is 0 Å². The molecular formula is C13H11FN6O. The Morgan fingerprint density at radius 3 is 2.81 bits per heavy atom. The van der Waals surface area contributed by atoms with Crippen molar-refractivity contribution in [2.75, 3.05) is 0 Å². The number of aromatic amines is 2. The van der Waals surface area contributed by atoms with Gasteiger partial charge < -0.3 is 0 Å². The molecule has 3 aromatic rings. The molecular weight excluding hydrogens is 275 g/mol. The van der Waals surface area contributed by atoms with Crippen LogP contribution in [0.15, 0.2) is 17.2 Å². The number of nitriles is 1. The fraction of sp³-hybridized carbons (Fsp3) is 0.231. The molecule has 0 amide bonds. The summed E-state index contributed by atoms with van der Waals surface area (Å²) in [4.78, 5) is 16.9. The summed E-state index contributed by atoms with van der Waals surface area (Å²) in [6.45, 7) is 3.64. The Kier molecular flexibility index (Phi) is 2.83. The molecule has 0 aliphatic rings. The third-order valence-electron chi connectivity index (χ3n) is 3.24. The van der Waals surface area contributed by atoms with Crippen LogP contribution in [-0.2, 0) is 0 Å². The van der Waals surface area contributed by atoms with Crippen LogP contribution in [0.1, 0.15) is 30.9 Å². The van der Waals surface area contributed by atoms with E-state index in [1.54, 1.807) is 0 Å². The van der Waals surface area contributed by atoms with Gasteiger partial charge in [-0.25, -0.2) is 9.50 Å². The van der Waals surface area contributed by atoms with Gasteiger partial charge in [-0.05, 0) is 5.92 Å². The van der Waals surface area contributed by atoms with Crippen LogP contribution in [0.4, 0.5) is 4.39 Å². The number of aromatic nitrogens is 5. The van der Waals surface area contributed by atoms with E-state index in [9.17, 15) is 9.18 Å². The number of fused-ring (bicyclic) bond motifs is 1. The molecule has 0 radical (unpaired) electrons. The van der Waals surface area contributed by atoms with E-state index in [0.29, 0.717) is 5.56 Å². The highest BCUT2D eigenvalue weighted by Crippen LogP contribution is 2.26. The van der Waals surface area contributed by atoms with Crippen molar-refractivity contribution in [2.24, 2.45) is 0 Å². The van der Waals surface area contributed by atoms with Gasteiger partial charge in [0.05, 0.1) is 17.5 Å². The van der Waals surface area contributed by atoms with E-state index in [2.05, 4.69) is 20.3 Å². The van der Waals surface area contributed by atoms with Crippen LogP contribution in [0.2, 0.25) is 0 Å². The van der Waals surface area contributed by atoms with Crippen molar-refractivity contribution >= 4 is 5.65 Å². The van der Waals surface area contributed by atoms with Crippen molar-refractivity contribution in [1.82, 2.24) is 24.8 Å². The van der Waals surface area contributed by atoms with E-state index in [1.807, 2.05) is 19.9 Å². The monoisotopic (exact) mass is 286 g/mol. The predicted octanol–water partition coefficient (Wildman–Crippen LogP) is 1.55. The topological polar surface area (TPSA) is 103 Å². The van der Waals surface area contributed by atoms with Gasteiger partial charge in [0.1, 0.15) is 11.6 Å². The summed E-state index contributed by atoms with van der Waals surface area (Å²) in [6.07, 6.45) is 2.67. The second-order valence-electron chi connectivity index (χ2n) is 4.89. The van der Waals surface area contributed by atoms with Crippen molar-refractivity contribution < 1.29 is 4.39 Å². The average molecular weight is 286 g/mol. The molecule has 2 N–H and O–H groups in total. The first-order valence-corrected chi connectivity index (χ1v) is 6.28. The maximum absolute atomic E-state index is 13.8. The maximum atomic E-state index is 13.8. The highest BCUT2D eigenvalue weighted by atomic mass is 19.1. The Bertz CT molecular complexity index is 926. The Hall–Kier alpha value is -2.95. The molecule has 106 valence electrons. The molecule has 0 atom stereocenters. The van der Waals surface area contributed by atoms with Crippen molar-refractivity contribution in [3.8, 4) is 17.3 Å². The SMILES string of the molecule is CC(C)c1c(-c2cn[nH]c2F)nc2c(C#N)c[nH]n2c1=O. The Morgan fingerprint density at radius 2 is 2.24 bits per heavy atom. The highest BCUT2D eigenvalue weighted by Gasteiger charge is 2.22. The lowest BCUT2D eigenvalue weighted by Gasteiger charge is -2.10. The molecule has 0 aliphatic carbocycles. The van der Waals surface area contributed by atoms with Crippen LogP contribution in [0.25, 0.3) is 16.9 Å². The number of nitrogens with one attached hydrogen (secondary N) is 2. The summed E-state index contributed by atoms with van der Waals surface area (Å²) in [5.41, 5.74) is 0.710. The van der Waals surface area contributed by atoms with E-state index in [-0.39, 0.29) is 33.9 Å². The van der Waals surface area contributed by atoms with Crippen LogP contribution in [-0.4, -0.2) is 24.8 Å². The second kappa shape index (κ2) is 4.56. The zero-order chi connectivity index (χ0) is 15.1. The second-order valence-corrected chi connectivity index (χ2v) is 4.89. The Morgan fingerprint density at radius 1 is 1.48 bits per heavy atom. The fourth-order valence-electron chi connectivity index (χ4n) is 2.27. The van der Waals surface area contributed by atoms with Gasteiger partial charge in [-0.15, -0.1) is 0 Å². The first kappa shape index (κ1) is 13.1. The molecule has 0 aliphatic heterocycles. The van der Waals surface area contributed by atoms with Crippen LogP contribution in [0.3, 0.4) is 0 Å². The molecule has 21 heavy (non-hydrogen) atoms. The largest absolute Gasteiger partial charge is 0.295 e. The lowest BCUT2D eigenvalue weighted by molar-refractivity contribution is 0.581. The fourth-order valence-corrected chi connectivity index (χ4v) is 2.27. The molecule has 8 heteroatoms. The van der Waals surface area contributed by atoms with E-state index in [4.69, 9.17) is 5.26 Å². The van der Waals surface area contributed by atoms with Crippen LogP contribution < -0.4 is 5.56 Å². The minimum Gasteiger partial charge on any atom is -0.295 e. The standard InChI is InChI=1S/C13H11FN6O/c1-6(2)9-10(8-5-16-19-11(8)14)18-12-7(3-15)4-17-20(12)13(9)21/h4-6,17H,1-2H3,(H,16,19). The number of rotatable bonds is 2. The van der Waals surface area contributed by atoms with Crippen LogP contribution in [0.5, 0.6) is 0 Å². The van der Waals surface area contributed by atoms with Crippen molar-refractivity contribution in [3.63, 3.8) is 0 Å². The normalized spacial score (nSPS) is 11.2. The summed E-state index contributed by atoms with van der Waals surface area (Å²) in [7, 11) is 0. The molecule has 0 aromatic carbocycles. The number of H-pyrrole nitrogens is 2. The molecule has 3 rings (SSSR count). The van der Waals surface area contributed by atoms with Crippen LogP contribution in [0, 0.1) is 17.3 Å². The summed E-state index contributed by atoms with van der Waals surface area (Å²) in [6, 6.07) is 1.94. The summed E-state index contributed by atoms with van der Waals surface area (Å²) >= 11 is 0. The molecule has 0 spiro atoms. The van der Waals surface area contributed by atoms with Gasteiger partial charge in [0.2, 0.25) is 5.95 Å². The molecule has 0 fully saturated rings. The third kappa shape index (κ3) is 1.82. The predicted molar refractivity (Wildman–Crippen MR) is 72.2 cm³/mol. The molecule has 3 heterocycles. The van der Waals surface area contributed by atoms with E-state index in [0.717, 1.165) is 0 Å². The van der Waals surface area contributed by atoms with E-state index < -0.39 is 5.95 Å². The Labute approximate surface area is 118 Å². The van der Waals surface area contributed by atoms with Gasteiger partial charge in [0.15, 0.2) is 5.65 Å². The number of hydrogen-bond acceptors (Lipinski definition) is 4. The van der Waals surface area contributed by atoms with E-state index in [1.165, 1.54) is 16.9 Å². The van der Waals surface area contributed by atoms with Gasteiger partial charge in [0.25, 0.3) is 5.56 Å². The number of hydrogen-bond donors (Lipinski definition) is 2. The molecule has 0 saturated heterocycles. The smallest absolute Gasteiger partial charge is 0.276 e. The highest BCUT2D eigenvalue weighted by molar-refractivity contribution is 5.67. The lowest BCUT2D eigenvalue weighted by atomic mass is 10.00. The van der Waals surface area contributed by atoms with Gasteiger partial charge in [-0.2, -0.15) is 14.8 Å². The molecule has 7 nitrogen and oxygen atoms in total. The van der Waals surface area contributed by atoms with Gasteiger partial charge in [-0.1, -0.05) is 13.8 Å². The lowest BCUT2D eigenvalue weighted by Crippen LogP contribution is -2.22. The minimum absolute atomic E-state index is 0.114. The average Bonchev–Trinajstić information content (AvgIpc) is 3.03. The first-order valence-electron chi connectivity index (χ1n) is 6.28. The zero-order valence-corrected chi connectivity index (χ0v) is 11.3. The van der Waals surface area contributed by atoms with Crippen molar-refractivity contribution in [2.45, 2.75) is 19.8 Å². The van der Waals surface area contributed by atoms with Gasteiger partial charge >= 0.3 is 0 Å². The summed E-state index contributed by atoms with van der Waals surface area (Å²) in [5, 5.41) is 17.5. The Balaban J connectivity index is 2.47. The first-order chi connectivity index (χ1) is 10.0. The minimum atomic E-state index is -0.665. The summed E-state index contributed by atoms with van der Waals surface area (Å²) in [5.74, 6) is -0.831. The number of halogens is 1.